The first-order valence-corrected chi connectivity index (χ1v) is 4.32. The molecule has 0 aromatic rings. The van der Waals surface area contributed by atoms with E-state index in [0.717, 1.165) is 0 Å². The molecule has 4 N–H and O–H groups in total. The van der Waals surface area contributed by atoms with E-state index in [-0.39, 0.29) is 6.04 Å². The normalized spacial score (nSPS) is 46.4. The van der Waals surface area contributed by atoms with Crippen molar-refractivity contribution in [2.75, 3.05) is 14.2 Å². The molecule has 0 spiro atoms. The summed E-state index contributed by atoms with van der Waals surface area (Å²) in [5.74, 6) is 0. The van der Waals surface area contributed by atoms with E-state index in [1.807, 2.05) is 0 Å². The third kappa shape index (κ3) is 1.99. The second-order valence-electron chi connectivity index (χ2n) is 3.41. The van der Waals surface area contributed by atoms with Crippen molar-refractivity contribution in [3.63, 3.8) is 0 Å². The lowest BCUT2D eigenvalue weighted by Crippen LogP contribution is -2.60. The Morgan fingerprint density at radius 3 is 2.08 bits per heavy atom. The van der Waals surface area contributed by atoms with E-state index >= 15 is 0 Å². The van der Waals surface area contributed by atoms with Gasteiger partial charge in [-0.15, -0.1) is 0 Å². The summed E-state index contributed by atoms with van der Waals surface area (Å²) in [6.45, 7) is 0. The maximum atomic E-state index is 13.5. The Labute approximate surface area is 77.4 Å². The third-order valence-electron chi connectivity index (χ3n) is 2.56. The predicted molar refractivity (Wildman–Crippen MR) is 47.1 cm³/mol. The molecule has 0 aromatic carbocycles. The number of rotatable bonds is 2. The highest BCUT2D eigenvalue weighted by molar-refractivity contribution is 4.98. The summed E-state index contributed by atoms with van der Waals surface area (Å²) >= 11 is 0. The first-order chi connectivity index (χ1) is 6.11. The molecule has 1 rings (SSSR count). The molecular formula is C8H17FN2O2. The fourth-order valence-electron chi connectivity index (χ4n) is 1.82. The van der Waals surface area contributed by atoms with Gasteiger partial charge in [-0.2, -0.15) is 0 Å². The zero-order valence-corrected chi connectivity index (χ0v) is 7.94. The smallest absolute Gasteiger partial charge is 0.144 e. The number of methoxy groups -OCH3 is 2. The second-order valence-corrected chi connectivity index (χ2v) is 3.41. The first-order valence-electron chi connectivity index (χ1n) is 4.32. The SMILES string of the molecule is CO[C@H]1[C@H](OC)C(F)[C@H](N)C[C@@H]1N. The molecule has 1 unspecified atom stereocenters. The number of hydrogen-bond acceptors (Lipinski definition) is 4. The van der Waals surface area contributed by atoms with Crippen molar-refractivity contribution < 1.29 is 13.9 Å². The van der Waals surface area contributed by atoms with E-state index in [1.165, 1.54) is 14.2 Å². The number of ether oxygens (including phenoxy) is 2. The van der Waals surface area contributed by atoms with Crippen LogP contribution >= 0.6 is 0 Å². The van der Waals surface area contributed by atoms with Crippen molar-refractivity contribution in [1.29, 1.82) is 0 Å². The van der Waals surface area contributed by atoms with E-state index in [0.29, 0.717) is 6.42 Å². The molecule has 0 aliphatic heterocycles. The summed E-state index contributed by atoms with van der Waals surface area (Å²) in [7, 11) is 2.94. The van der Waals surface area contributed by atoms with Gasteiger partial charge in [0.2, 0.25) is 0 Å². The maximum Gasteiger partial charge on any atom is 0.144 e. The Balaban J connectivity index is 2.71. The Kier molecular flexibility index (Phi) is 3.61. The summed E-state index contributed by atoms with van der Waals surface area (Å²) in [5.41, 5.74) is 11.3. The summed E-state index contributed by atoms with van der Waals surface area (Å²) in [6.07, 6.45) is -1.82. The first kappa shape index (κ1) is 10.8. The van der Waals surface area contributed by atoms with Gasteiger partial charge in [0, 0.05) is 26.3 Å². The Morgan fingerprint density at radius 1 is 1.08 bits per heavy atom. The fourth-order valence-corrected chi connectivity index (χ4v) is 1.82. The molecule has 0 saturated heterocycles. The minimum atomic E-state index is -1.20. The van der Waals surface area contributed by atoms with Crippen molar-refractivity contribution in [3.8, 4) is 0 Å². The summed E-state index contributed by atoms with van der Waals surface area (Å²) in [6, 6.07) is -0.803. The largest absolute Gasteiger partial charge is 0.377 e. The van der Waals surface area contributed by atoms with Gasteiger partial charge < -0.3 is 20.9 Å². The van der Waals surface area contributed by atoms with Crippen LogP contribution in [0.4, 0.5) is 4.39 Å². The van der Waals surface area contributed by atoms with Crippen LogP contribution in [0.15, 0.2) is 0 Å². The number of nitrogens with two attached hydrogens (primary N) is 2. The summed E-state index contributed by atoms with van der Waals surface area (Å²) < 4.78 is 23.5. The van der Waals surface area contributed by atoms with Crippen molar-refractivity contribution in [1.82, 2.24) is 0 Å². The van der Waals surface area contributed by atoms with Crippen LogP contribution < -0.4 is 11.5 Å². The van der Waals surface area contributed by atoms with Gasteiger partial charge in [0.25, 0.3) is 0 Å². The molecule has 5 heteroatoms. The van der Waals surface area contributed by atoms with Crippen molar-refractivity contribution in [3.05, 3.63) is 0 Å². The minimum Gasteiger partial charge on any atom is -0.377 e. The van der Waals surface area contributed by atoms with Gasteiger partial charge >= 0.3 is 0 Å². The molecule has 0 heterocycles. The zero-order valence-electron chi connectivity index (χ0n) is 7.94. The van der Waals surface area contributed by atoms with Gasteiger partial charge in [-0.3, -0.25) is 0 Å². The molecule has 0 amide bonds. The Hall–Kier alpha value is -0.230. The highest BCUT2D eigenvalue weighted by Gasteiger charge is 2.43. The van der Waals surface area contributed by atoms with Gasteiger partial charge in [-0.25, -0.2) is 4.39 Å². The monoisotopic (exact) mass is 192 g/mol. The highest BCUT2D eigenvalue weighted by Crippen LogP contribution is 2.24. The van der Waals surface area contributed by atoms with E-state index in [4.69, 9.17) is 20.9 Å². The van der Waals surface area contributed by atoms with E-state index < -0.39 is 24.4 Å². The highest BCUT2D eigenvalue weighted by atomic mass is 19.1. The van der Waals surface area contributed by atoms with E-state index in [2.05, 4.69) is 0 Å². The van der Waals surface area contributed by atoms with Crippen molar-refractivity contribution >= 4 is 0 Å². The molecule has 0 aromatic heterocycles. The van der Waals surface area contributed by atoms with E-state index in [9.17, 15) is 4.39 Å². The lowest BCUT2D eigenvalue weighted by atomic mass is 9.85. The molecule has 1 saturated carbocycles. The van der Waals surface area contributed by atoms with E-state index in [1.54, 1.807) is 0 Å². The third-order valence-corrected chi connectivity index (χ3v) is 2.56. The van der Waals surface area contributed by atoms with Crippen LogP contribution in [0.5, 0.6) is 0 Å². The Bertz CT molecular complexity index is 170. The molecule has 1 aliphatic carbocycles. The summed E-state index contributed by atoms with van der Waals surface area (Å²) in [4.78, 5) is 0. The molecule has 78 valence electrons. The van der Waals surface area contributed by atoms with Gasteiger partial charge in [-0.05, 0) is 6.42 Å². The minimum absolute atomic E-state index is 0.253. The fraction of sp³-hybridized carbons (Fsp3) is 1.00. The molecule has 5 atom stereocenters. The molecule has 4 nitrogen and oxygen atoms in total. The van der Waals surface area contributed by atoms with Gasteiger partial charge in [0.05, 0.1) is 0 Å². The van der Waals surface area contributed by atoms with Crippen LogP contribution in [0.25, 0.3) is 0 Å². The average Bonchev–Trinajstić information content (AvgIpc) is 2.10. The Morgan fingerprint density at radius 2 is 1.62 bits per heavy atom. The van der Waals surface area contributed by atoms with Crippen molar-refractivity contribution in [2.45, 2.75) is 36.9 Å². The van der Waals surface area contributed by atoms with Crippen LogP contribution in [0.1, 0.15) is 6.42 Å². The molecule has 0 radical (unpaired) electrons. The topological polar surface area (TPSA) is 70.5 Å². The molecule has 1 aliphatic rings. The average molecular weight is 192 g/mol. The lowest BCUT2D eigenvalue weighted by molar-refractivity contribution is -0.108. The number of alkyl halides is 1. The number of hydrogen-bond donors (Lipinski definition) is 2. The van der Waals surface area contributed by atoms with Crippen LogP contribution in [0.3, 0.4) is 0 Å². The van der Waals surface area contributed by atoms with Crippen LogP contribution in [0.2, 0.25) is 0 Å². The van der Waals surface area contributed by atoms with Gasteiger partial charge in [-0.1, -0.05) is 0 Å². The van der Waals surface area contributed by atoms with Crippen LogP contribution in [-0.2, 0) is 9.47 Å². The van der Waals surface area contributed by atoms with Gasteiger partial charge in [0.15, 0.2) is 0 Å². The standard InChI is InChI=1S/C8H17FN2O2/c1-12-7-5(11)3-4(10)6(9)8(7)13-2/h4-8H,3,10-11H2,1-2H3/t4-,5+,6?,7-,8-/m1/s1. The second kappa shape index (κ2) is 4.32. The predicted octanol–water partition coefficient (Wildman–Crippen LogP) is -0.587. The molecular weight excluding hydrogens is 175 g/mol. The zero-order chi connectivity index (χ0) is 10.0. The molecule has 1 fully saturated rings. The quantitative estimate of drug-likeness (QED) is 0.613. The lowest BCUT2D eigenvalue weighted by Gasteiger charge is -2.39. The maximum absolute atomic E-state index is 13.5. The molecule has 13 heavy (non-hydrogen) atoms. The number of halogens is 1. The summed E-state index contributed by atoms with van der Waals surface area (Å²) in [5, 5.41) is 0. The van der Waals surface area contributed by atoms with Crippen LogP contribution in [0, 0.1) is 0 Å². The molecule has 0 bridgehead atoms. The van der Waals surface area contributed by atoms with Gasteiger partial charge in [0.1, 0.15) is 18.4 Å². The van der Waals surface area contributed by atoms with Crippen LogP contribution in [-0.4, -0.2) is 44.7 Å². The van der Waals surface area contributed by atoms with Crippen molar-refractivity contribution in [2.24, 2.45) is 11.5 Å².